The normalized spacial score (nSPS) is 11.1. The van der Waals surface area contributed by atoms with Crippen LogP contribution in [0.2, 0.25) is 0 Å². The highest BCUT2D eigenvalue weighted by atomic mass is 32.1. The predicted octanol–water partition coefficient (Wildman–Crippen LogP) is 11.4. The Kier molecular flexibility index (Phi) is 15.8. The summed E-state index contributed by atoms with van der Waals surface area (Å²) in [5.74, 6) is -0.146. The van der Waals surface area contributed by atoms with E-state index < -0.39 is 5.97 Å². The molecular weight excluding hydrogens is 739 g/mol. The number of aryl methyl sites for hydroxylation is 3. The number of amides is 1. The lowest BCUT2D eigenvalue weighted by molar-refractivity contribution is -0.116. The van der Waals surface area contributed by atoms with Gasteiger partial charge in [-0.25, -0.2) is 9.78 Å². The van der Waals surface area contributed by atoms with Crippen molar-refractivity contribution in [2.75, 3.05) is 23.8 Å². The zero-order valence-corrected chi connectivity index (χ0v) is 34.2. The van der Waals surface area contributed by atoms with Gasteiger partial charge in [0.05, 0.1) is 22.0 Å². The number of anilines is 2. The number of ether oxygens (including phenoxy) is 1. The van der Waals surface area contributed by atoms with E-state index in [1.165, 1.54) is 58.9 Å². The van der Waals surface area contributed by atoms with Crippen molar-refractivity contribution < 1.29 is 14.3 Å². The number of rotatable bonds is 22. The summed E-state index contributed by atoms with van der Waals surface area (Å²) in [6.45, 7) is 7.20. The molecule has 0 aliphatic rings. The average Bonchev–Trinajstić information content (AvgIpc) is 3.68. The van der Waals surface area contributed by atoms with Gasteiger partial charge in [0.1, 0.15) is 5.75 Å². The standard InChI is InChI=1S/C49H53N5O3S/c1-3-5-8-13-36-18-23-39(24-19-36)40-25-20-37(21-26-40)16-17-38-22-31-45(42(34-38)35-52-54-49-53-44-14-9-10-15-46(44)58-49)57-48(56)41-27-29-43(30-28-41)50-32-11-6-7-12-33-51-47(55)4-2/h4,9-10,14-15,18-31,34-35,50H,2-3,5-8,11-13,16-17,32-33H2,1H3,(H,51,55)(H,53,54)/b52-35+. The highest BCUT2D eigenvalue weighted by Crippen LogP contribution is 2.27. The van der Waals surface area contributed by atoms with E-state index >= 15 is 0 Å². The molecule has 0 saturated carbocycles. The molecule has 0 atom stereocenters. The second-order valence-electron chi connectivity index (χ2n) is 14.4. The quantitative estimate of drug-likeness (QED) is 0.0158. The van der Waals surface area contributed by atoms with Gasteiger partial charge in [-0.05, 0) is 121 Å². The van der Waals surface area contributed by atoms with Gasteiger partial charge in [0.25, 0.3) is 0 Å². The lowest BCUT2D eigenvalue weighted by Gasteiger charge is -2.11. The molecule has 0 unspecified atom stereocenters. The minimum Gasteiger partial charge on any atom is -0.422 e. The fraction of sp³-hybridized carbons (Fsp3) is 0.265. The number of thiazole rings is 1. The zero-order chi connectivity index (χ0) is 40.4. The zero-order valence-electron chi connectivity index (χ0n) is 33.3. The largest absolute Gasteiger partial charge is 0.422 e. The maximum Gasteiger partial charge on any atom is 0.343 e. The van der Waals surface area contributed by atoms with Crippen LogP contribution in [0.4, 0.5) is 10.8 Å². The van der Waals surface area contributed by atoms with Crippen molar-refractivity contribution in [1.29, 1.82) is 0 Å². The molecule has 58 heavy (non-hydrogen) atoms. The highest BCUT2D eigenvalue weighted by Gasteiger charge is 2.13. The fourth-order valence-electron chi connectivity index (χ4n) is 6.62. The van der Waals surface area contributed by atoms with Crippen LogP contribution < -0.4 is 20.8 Å². The molecule has 8 nitrogen and oxygen atoms in total. The summed E-state index contributed by atoms with van der Waals surface area (Å²) in [6.07, 6.45) is 13.6. The average molecular weight is 792 g/mol. The maximum absolute atomic E-state index is 13.4. The van der Waals surface area contributed by atoms with Gasteiger partial charge in [-0.1, -0.05) is 117 Å². The van der Waals surface area contributed by atoms with Crippen molar-refractivity contribution in [2.24, 2.45) is 5.10 Å². The number of benzene rings is 5. The smallest absolute Gasteiger partial charge is 0.343 e. The van der Waals surface area contributed by atoms with Crippen LogP contribution in [-0.2, 0) is 24.1 Å². The Balaban J connectivity index is 1.06. The molecular formula is C49H53N5O3S. The number of esters is 1. The Labute approximate surface area is 346 Å². The van der Waals surface area contributed by atoms with Gasteiger partial charge in [-0.2, -0.15) is 5.10 Å². The number of nitrogens with zero attached hydrogens (tertiary/aromatic N) is 2. The van der Waals surface area contributed by atoms with Crippen LogP contribution in [0.1, 0.15) is 84.5 Å². The van der Waals surface area contributed by atoms with Crippen LogP contribution in [0.25, 0.3) is 21.3 Å². The van der Waals surface area contributed by atoms with Crippen LogP contribution in [-0.4, -0.2) is 36.2 Å². The van der Waals surface area contributed by atoms with Crippen LogP contribution in [0.15, 0.2) is 133 Å². The molecule has 0 aliphatic carbocycles. The summed E-state index contributed by atoms with van der Waals surface area (Å²) in [6, 6.07) is 39.0. The Morgan fingerprint density at radius 1 is 0.741 bits per heavy atom. The molecule has 1 heterocycles. The Morgan fingerprint density at radius 2 is 1.41 bits per heavy atom. The van der Waals surface area contributed by atoms with Gasteiger partial charge in [-0.15, -0.1) is 0 Å². The molecule has 0 aliphatic heterocycles. The lowest BCUT2D eigenvalue weighted by Crippen LogP contribution is -2.21. The van der Waals surface area contributed by atoms with Crippen LogP contribution in [0.3, 0.4) is 0 Å². The summed E-state index contributed by atoms with van der Waals surface area (Å²) in [5, 5.41) is 11.4. The summed E-state index contributed by atoms with van der Waals surface area (Å²) >= 11 is 1.53. The molecule has 1 amide bonds. The molecule has 0 radical (unpaired) electrons. The minimum absolute atomic E-state index is 0.131. The van der Waals surface area contributed by atoms with E-state index in [9.17, 15) is 9.59 Å². The van der Waals surface area contributed by atoms with E-state index in [4.69, 9.17) is 4.74 Å². The number of para-hydroxylation sites is 1. The topological polar surface area (TPSA) is 105 Å². The van der Waals surface area contributed by atoms with Gasteiger partial charge in [0, 0.05) is 24.3 Å². The molecule has 0 bridgehead atoms. The van der Waals surface area contributed by atoms with Crippen molar-refractivity contribution in [2.45, 2.75) is 71.1 Å². The third-order valence-electron chi connectivity index (χ3n) is 9.99. The molecule has 6 rings (SSSR count). The number of aromatic nitrogens is 1. The van der Waals surface area contributed by atoms with Crippen molar-refractivity contribution in [3.63, 3.8) is 0 Å². The molecule has 0 fully saturated rings. The first-order valence-electron chi connectivity index (χ1n) is 20.4. The van der Waals surface area contributed by atoms with Crippen molar-refractivity contribution in [3.05, 3.63) is 156 Å². The number of carbonyl (C=O) groups is 2. The van der Waals surface area contributed by atoms with E-state index in [-0.39, 0.29) is 5.91 Å². The van der Waals surface area contributed by atoms with Crippen molar-refractivity contribution in [1.82, 2.24) is 10.3 Å². The Bertz CT molecular complexity index is 2230. The number of unbranched alkanes of at least 4 members (excludes halogenated alkanes) is 5. The summed E-state index contributed by atoms with van der Waals surface area (Å²) < 4.78 is 7.04. The van der Waals surface area contributed by atoms with Crippen LogP contribution >= 0.6 is 11.3 Å². The minimum atomic E-state index is -0.442. The molecule has 3 N–H and O–H groups in total. The molecule has 6 aromatic rings. The number of hydrazone groups is 1. The van der Waals surface area contributed by atoms with Gasteiger partial charge in [0.15, 0.2) is 0 Å². The van der Waals surface area contributed by atoms with Crippen LogP contribution in [0, 0.1) is 0 Å². The fourth-order valence-corrected chi connectivity index (χ4v) is 7.44. The van der Waals surface area contributed by atoms with Crippen LogP contribution in [0.5, 0.6) is 5.75 Å². The Hall–Kier alpha value is -6.06. The number of hydrogen-bond donors (Lipinski definition) is 3. The van der Waals surface area contributed by atoms with Crippen molar-refractivity contribution >= 4 is 50.5 Å². The molecule has 1 aromatic heterocycles. The van der Waals surface area contributed by atoms with Gasteiger partial charge in [-0.3, -0.25) is 10.2 Å². The monoisotopic (exact) mass is 791 g/mol. The van der Waals surface area contributed by atoms with E-state index in [1.54, 1.807) is 18.3 Å². The lowest BCUT2D eigenvalue weighted by atomic mass is 9.98. The molecule has 298 valence electrons. The third kappa shape index (κ3) is 12.7. The first-order valence-corrected chi connectivity index (χ1v) is 21.2. The van der Waals surface area contributed by atoms with Crippen molar-refractivity contribution in [3.8, 4) is 16.9 Å². The van der Waals surface area contributed by atoms with Gasteiger partial charge < -0.3 is 15.4 Å². The molecule has 5 aromatic carbocycles. The third-order valence-corrected chi connectivity index (χ3v) is 10.9. The molecule has 0 spiro atoms. The summed E-state index contributed by atoms with van der Waals surface area (Å²) in [4.78, 5) is 29.2. The van der Waals surface area contributed by atoms with E-state index in [1.807, 2.05) is 54.6 Å². The first kappa shape index (κ1) is 41.6. The Morgan fingerprint density at radius 3 is 2.12 bits per heavy atom. The summed E-state index contributed by atoms with van der Waals surface area (Å²) in [5.41, 5.74) is 12.3. The van der Waals surface area contributed by atoms with E-state index in [2.05, 4.69) is 88.2 Å². The van der Waals surface area contributed by atoms with Gasteiger partial charge in [0.2, 0.25) is 11.0 Å². The predicted molar refractivity (Wildman–Crippen MR) is 241 cm³/mol. The number of nitrogens with one attached hydrogen (secondary N) is 3. The SMILES string of the molecule is C=CC(=O)NCCCCCCNc1ccc(C(=O)Oc2ccc(CCc3ccc(-c4ccc(CCCCC)cc4)cc3)cc2/C=N/Nc2nc3ccccc3s2)cc1. The maximum atomic E-state index is 13.4. The highest BCUT2D eigenvalue weighted by molar-refractivity contribution is 7.22. The second kappa shape index (κ2) is 22.0. The van der Waals surface area contributed by atoms with E-state index in [0.29, 0.717) is 28.6 Å². The number of hydrogen-bond acceptors (Lipinski definition) is 8. The number of carbonyl (C=O) groups excluding carboxylic acids is 2. The molecule has 0 saturated heterocycles. The number of fused-ring (bicyclic) bond motifs is 1. The second-order valence-corrected chi connectivity index (χ2v) is 15.4. The molecule has 9 heteroatoms. The summed E-state index contributed by atoms with van der Waals surface area (Å²) in [7, 11) is 0. The van der Waals surface area contributed by atoms with E-state index in [0.717, 1.165) is 73.0 Å². The van der Waals surface area contributed by atoms with Gasteiger partial charge >= 0.3 is 5.97 Å². The first-order chi connectivity index (χ1) is 28.5.